The van der Waals surface area contributed by atoms with Crippen molar-refractivity contribution in [1.29, 1.82) is 0 Å². The number of hydrogen-bond donors (Lipinski definition) is 0. The van der Waals surface area contributed by atoms with E-state index in [2.05, 4.69) is 104 Å². The van der Waals surface area contributed by atoms with Gasteiger partial charge in [0.05, 0.1) is 0 Å². The minimum atomic E-state index is 0. The molecule has 1 aliphatic heterocycles. The van der Waals surface area contributed by atoms with E-state index in [-0.39, 0.29) is 16.5 Å². The molecule has 2 aromatic carbocycles. The third-order valence-electron chi connectivity index (χ3n) is 16.7. The monoisotopic (exact) mass is 1130 g/mol. The predicted molar refractivity (Wildman–Crippen MR) is 353 cm³/mol. The van der Waals surface area contributed by atoms with E-state index in [1.54, 1.807) is 4.70 Å². The van der Waals surface area contributed by atoms with Crippen LogP contribution in [0.3, 0.4) is 0 Å². The van der Waals surface area contributed by atoms with Crippen LogP contribution in [0.4, 0.5) is 0 Å². The number of hydrogen-bond acceptors (Lipinski definition) is 0. The summed E-state index contributed by atoms with van der Waals surface area (Å²) in [5, 5.41) is 0. The summed E-state index contributed by atoms with van der Waals surface area (Å²) in [4.78, 5) is 0. The van der Waals surface area contributed by atoms with Crippen molar-refractivity contribution in [2.24, 2.45) is 0 Å². The van der Waals surface area contributed by atoms with Crippen LogP contribution in [0.2, 0.25) is 0 Å². The molecule has 1 aliphatic rings. The average Bonchev–Trinajstić information content (AvgIpc) is 3.90. The normalized spacial score (nSPS) is 12.2. The van der Waals surface area contributed by atoms with Crippen molar-refractivity contribution in [3.8, 4) is 0 Å². The molecule has 2 nitrogen and oxygen atoms in total. The van der Waals surface area contributed by atoms with Crippen molar-refractivity contribution in [2.75, 3.05) is 0 Å². The topological polar surface area (TPSA) is 25.3 Å². The Labute approximate surface area is 506 Å². The van der Waals surface area contributed by atoms with E-state index in [1.165, 1.54) is 305 Å². The molecular formula is C76H134N2Ni. The van der Waals surface area contributed by atoms with Gasteiger partial charge in [-0.15, -0.1) is 0 Å². The molecule has 2 aromatic rings. The summed E-state index contributed by atoms with van der Waals surface area (Å²) < 4.78 is 1.54. The second-order valence-corrected chi connectivity index (χ2v) is 24.2. The predicted octanol–water partition coefficient (Wildman–Crippen LogP) is 27.2. The minimum absolute atomic E-state index is 0. The number of benzene rings is 2. The second-order valence-electron chi connectivity index (χ2n) is 24.2. The molecule has 0 fully saturated rings. The van der Waals surface area contributed by atoms with Crippen molar-refractivity contribution < 1.29 is 21.2 Å². The van der Waals surface area contributed by atoms with Gasteiger partial charge in [-0.2, -0.15) is 12.8 Å². The van der Waals surface area contributed by atoms with Crippen LogP contribution in [0.1, 0.15) is 385 Å². The van der Waals surface area contributed by atoms with Crippen molar-refractivity contribution in [1.82, 2.24) is 0 Å². The molecule has 0 aromatic heterocycles. The van der Waals surface area contributed by atoms with Gasteiger partial charge in [-0.3, -0.25) is 0 Å². The number of unbranched alkanes of at least 4 members (excludes halogenated alkanes) is 42. The summed E-state index contributed by atoms with van der Waals surface area (Å²) in [6.07, 6.45) is 70.9. The standard InChI is InChI=1S/C34H48N2.2C21H43.Ni/c1-5-9-13-14-21-32-31(20-12-8-4)33(29-24-22-27(23-25-29)16-10-6-2)36(35)34(32)30-19-15-18-28(26-30)17-11-7-3;2*1-3-5-7-9-11-13-15-17-19-21-20-18-16-14-12-10-8-6-4-2;/h15,18-19,22-26H,5-14,16-17,20-21H2,1-4H3;2*1,3-21H2,2H3;/q;2*-1;+2. The van der Waals surface area contributed by atoms with Crippen LogP contribution in [0.25, 0.3) is 16.9 Å². The maximum atomic E-state index is 11.8. The van der Waals surface area contributed by atoms with Crippen LogP contribution in [-0.4, -0.2) is 4.70 Å². The van der Waals surface area contributed by atoms with Crippen molar-refractivity contribution in [2.45, 2.75) is 375 Å². The minimum Gasteiger partial charge on any atom is -0.493 e. The Balaban J connectivity index is 0.00000123. The maximum Gasteiger partial charge on any atom is 2.00 e. The van der Waals surface area contributed by atoms with E-state index in [9.17, 15) is 5.53 Å². The van der Waals surface area contributed by atoms with Crippen molar-refractivity contribution in [3.05, 3.63) is 101 Å². The number of aryl methyl sites for hydroxylation is 2. The number of rotatable bonds is 52. The van der Waals surface area contributed by atoms with Crippen LogP contribution in [0.5, 0.6) is 0 Å². The maximum absolute atomic E-state index is 11.8. The van der Waals surface area contributed by atoms with E-state index < -0.39 is 0 Å². The van der Waals surface area contributed by atoms with E-state index in [0.29, 0.717) is 0 Å². The molecule has 458 valence electrons. The Morgan fingerprint density at radius 2 is 0.570 bits per heavy atom. The zero-order valence-corrected chi connectivity index (χ0v) is 55.0. The fourth-order valence-electron chi connectivity index (χ4n) is 11.5. The molecule has 0 N–H and O–H groups in total. The second kappa shape index (κ2) is 59.2. The van der Waals surface area contributed by atoms with Crippen molar-refractivity contribution in [3.63, 3.8) is 0 Å². The van der Waals surface area contributed by atoms with Gasteiger partial charge in [0.1, 0.15) is 0 Å². The Kier molecular flexibility index (Phi) is 57.7. The summed E-state index contributed by atoms with van der Waals surface area (Å²) in [6.45, 7) is 21.4. The van der Waals surface area contributed by atoms with Crippen LogP contribution in [0.15, 0.2) is 59.7 Å². The average molecular weight is 1130 g/mol. The Morgan fingerprint density at radius 1 is 0.291 bits per heavy atom. The molecule has 0 aliphatic carbocycles. The Bertz CT molecular complexity index is 1590. The summed E-state index contributed by atoms with van der Waals surface area (Å²) >= 11 is 0. The van der Waals surface area contributed by atoms with Gasteiger partial charge in [0.15, 0.2) is 0 Å². The van der Waals surface area contributed by atoms with Crippen LogP contribution < -0.4 is 0 Å². The quantitative estimate of drug-likeness (QED) is 0.0273. The van der Waals surface area contributed by atoms with Gasteiger partial charge >= 0.3 is 16.5 Å². The first kappa shape index (κ1) is 77.0. The van der Waals surface area contributed by atoms with Crippen LogP contribution in [-0.2, 0) is 29.3 Å². The fraction of sp³-hybridized carbons (Fsp3) is 0.763. The fourth-order valence-corrected chi connectivity index (χ4v) is 11.5. The first-order valence-corrected chi connectivity index (χ1v) is 35.2. The smallest absolute Gasteiger partial charge is 0.493 e. The Morgan fingerprint density at radius 3 is 0.911 bits per heavy atom. The van der Waals surface area contributed by atoms with Crippen molar-refractivity contribution >= 4 is 11.4 Å². The third-order valence-corrected chi connectivity index (χ3v) is 16.7. The van der Waals surface area contributed by atoms with Gasteiger partial charge in [-0.1, -0.05) is 335 Å². The van der Waals surface area contributed by atoms with Gasteiger partial charge < -0.3 is 19.4 Å². The number of nitrogens with zero attached hydrogens (tertiary/aromatic N) is 2. The first-order chi connectivity index (χ1) is 38.5. The molecule has 0 bridgehead atoms. The third kappa shape index (κ3) is 41.6. The molecule has 1 heterocycles. The zero-order chi connectivity index (χ0) is 56.6. The summed E-state index contributed by atoms with van der Waals surface area (Å²) in [7, 11) is 0. The molecule has 0 atom stereocenters. The molecule has 0 radical (unpaired) electrons. The van der Waals surface area contributed by atoms with Gasteiger partial charge in [-0.25, -0.2) is 4.70 Å². The SMILES string of the molecule is CCCCCCC1=C(c2cccc(CCCC)c2)[N+](=[N-])C(c2ccc(CCCC)cc2)=C1CCCC.[CH2-]CCCCCCCCCCCCCCCCCCCC.[CH2-]CCCCCCCCCCCCCCCCCCCC.[Ni+2]. The number of allylic oxidation sites excluding steroid dienone is 2. The molecule has 0 saturated carbocycles. The molecule has 3 heteroatoms. The molecule has 0 amide bonds. The van der Waals surface area contributed by atoms with E-state index in [0.717, 1.165) is 73.9 Å². The van der Waals surface area contributed by atoms with Gasteiger partial charge in [-0.05, 0) is 86.8 Å². The van der Waals surface area contributed by atoms with Gasteiger partial charge in [0.2, 0.25) is 11.4 Å². The van der Waals surface area contributed by atoms with Gasteiger partial charge in [0, 0.05) is 22.3 Å². The molecule has 0 saturated heterocycles. The zero-order valence-electron chi connectivity index (χ0n) is 54.0. The van der Waals surface area contributed by atoms with E-state index in [4.69, 9.17) is 0 Å². The molecule has 3 rings (SSSR count). The summed E-state index contributed by atoms with van der Waals surface area (Å²) in [6, 6.07) is 17.9. The van der Waals surface area contributed by atoms with E-state index >= 15 is 0 Å². The van der Waals surface area contributed by atoms with Gasteiger partial charge in [0.25, 0.3) is 0 Å². The Hall–Kier alpha value is -1.99. The first-order valence-electron chi connectivity index (χ1n) is 35.2. The van der Waals surface area contributed by atoms with E-state index in [1.807, 2.05) is 0 Å². The molecular weight excluding hydrogens is 1000 g/mol. The summed E-state index contributed by atoms with van der Waals surface area (Å²) in [5.74, 6) is 0. The molecule has 0 spiro atoms. The van der Waals surface area contributed by atoms with Crippen LogP contribution >= 0.6 is 0 Å². The summed E-state index contributed by atoms with van der Waals surface area (Å²) in [5.41, 5.74) is 21.6. The molecule has 0 unspecified atom stereocenters. The largest absolute Gasteiger partial charge is 2.00 e. The molecule has 79 heavy (non-hydrogen) atoms. The van der Waals surface area contributed by atoms with Crippen LogP contribution in [0, 0.1) is 13.8 Å².